The van der Waals surface area contributed by atoms with Crippen LogP contribution in [0.5, 0.6) is 17.2 Å². The minimum Gasteiger partial charge on any atom is -0.453 e. The first kappa shape index (κ1) is 10.9. The van der Waals surface area contributed by atoms with Crippen molar-refractivity contribution in [1.82, 2.24) is 0 Å². The van der Waals surface area contributed by atoms with E-state index in [0.29, 0.717) is 11.5 Å². The molecule has 0 fully saturated rings. The second-order valence-electron chi connectivity index (χ2n) is 4.16. The Morgan fingerprint density at radius 1 is 1.17 bits per heavy atom. The van der Waals surface area contributed by atoms with Gasteiger partial charge in [0.05, 0.1) is 0 Å². The minimum atomic E-state index is -0.345. The van der Waals surface area contributed by atoms with E-state index in [-0.39, 0.29) is 12.8 Å². The van der Waals surface area contributed by atoms with Crippen molar-refractivity contribution in [2.75, 3.05) is 6.79 Å². The lowest BCUT2D eigenvalue weighted by Gasteiger charge is -2.12. The van der Waals surface area contributed by atoms with Gasteiger partial charge in [-0.05, 0) is 6.92 Å². The number of rotatable bonds is 1. The zero-order valence-electron chi connectivity index (χ0n) is 10.1. The summed E-state index contributed by atoms with van der Waals surface area (Å²) < 4.78 is 16.2. The zero-order chi connectivity index (χ0) is 12.7. The first-order valence-electron chi connectivity index (χ1n) is 5.68. The molecule has 0 radical (unpaired) electrons. The van der Waals surface area contributed by atoms with Crippen molar-refractivity contribution in [1.29, 1.82) is 0 Å². The minimum absolute atomic E-state index is 0.198. The molecule has 0 saturated heterocycles. The Morgan fingerprint density at radius 3 is 2.56 bits per heavy atom. The van der Waals surface area contributed by atoms with Gasteiger partial charge in [-0.1, -0.05) is 24.3 Å². The van der Waals surface area contributed by atoms with Crippen molar-refractivity contribution in [2.45, 2.75) is 13.8 Å². The van der Waals surface area contributed by atoms with Crippen LogP contribution >= 0.6 is 0 Å². The van der Waals surface area contributed by atoms with Gasteiger partial charge in [0.2, 0.25) is 6.79 Å². The molecule has 0 unspecified atom stereocenters. The number of carbonyl (C=O) groups excluding carboxylic acids is 1. The molecule has 0 amide bonds. The van der Waals surface area contributed by atoms with Crippen molar-refractivity contribution in [2.24, 2.45) is 0 Å². The van der Waals surface area contributed by atoms with E-state index in [0.717, 1.165) is 22.1 Å². The molecule has 0 N–H and O–H groups in total. The second-order valence-corrected chi connectivity index (χ2v) is 4.16. The van der Waals surface area contributed by atoms with Gasteiger partial charge >= 0.3 is 5.97 Å². The largest absolute Gasteiger partial charge is 0.453 e. The van der Waals surface area contributed by atoms with Gasteiger partial charge < -0.3 is 14.2 Å². The van der Waals surface area contributed by atoms with Gasteiger partial charge in [0.1, 0.15) is 5.75 Å². The summed E-state index contributed by atoms with van der Waals surface area (Å²) in [6, 6.07) is 7.64. The average Bonchev–Trinajstić information content (AvgIpc) is 2.83. The maximum Gasteiger partial charge on any atom is 0.308 e. The number of esters is 1. The number of carbonyl (C=O) groups is 1. The molecule has 2 aromatic carbocycles. The fourth-order valence-corrected chi connectivity index (χ4v) is 2.22. The van der Waals surface area contributed by atoms with E-state index >= 15 is 0 Å². The third-order valence-electron chi connectivity index (χ3n) is 2.96. The molecule has 3 rings (SSSR count). The van der Waals surface area contributed by atoms with Crippen molar-refractivity contribution >= 4 is 16.7 Å². The predicted molar refractivity (Wildman–Crippen MR) is 66.1 cm³/mol. The van der Waals surface area contributed by atoms with Gasteiger partial charge in [-0.15, -0.1) is 0 Å². The summed E-state index contributed by atoms with van der Waals surface area (Å²) in [6.07, 6.45) is 0. The first-order valence-corrected chi connectivity index (χ1v) is 5.68. The molecule has 0 aromatic heterocycles. The third kappa shape index (κ3) is 1.49. The molecule has 0 saturated carbocycles. The highest BCUT2D eigenvalue weighted by Crippen LogP contribution is 2.47. The normalized spacial score (nSPS) is 12.8. The summed E-state index contributed by atoms with van der Waals surface area (Å²) in [4.78, 5) is 11.2. The average molecular weight is 244 g/mol. The van der Waals surface area contributed by atoms with Crippen molar-refractivity contribution in [3.8, 4) is 17.2 Å². The monoisotopic (exact) mass is 244 g/mol. The molecule has 1 aliphatic rings. The van der Waals surface area contributed by atoms with Gasteiger partial charge in [-0.25, -0.2) is 0 Å². The Labute approximate surface area is 104 Å². The summed E-state index contributed by atoms with van der Waals surface area (Å²) in [5.74, 6) is 1.58. The van der Waals surface area contributed by atoms with E-state index in [1.54, 1.807) is 0 Å². The predicted octanol–water partition coefficient (Wildman–Crippen LogP) is 2.80. The van der Waals surface area contributed by atoms with E-state index in [1.165, 1.54) is 6.92 Å². The standard InChI is InChI=1S/C14H12O4/c1-8-12(18-9(2)15)10-5-3-4-6-11(10)14-13(8)16-7-17-14/h3-6H,7H2,1-2H3. The van der Waals surface area contributed by atoms with Crippen LogP contribution in [0.15, 0.2) is 24.3 Å². The van der Waals surface area contributed by atoms with E-state index in [2.05, 4.69) is 0 Å². The van der Waals surface area contributed by atoms with E-state index in [4.69, 9.17) is 14.2 Å². The Kier molecular flexibility index (Phi) is 2.37. The van der Waals surface area contributed by atoms with Crippen LogP contribution in [0.3, 0.4) is 0 Å². The van der Waals surface area contributed by atoms with Crippen LogP contribution in [0.25, 0.3) is 10.8 Å². The Balaban J connectivity index is 2.37. The van der Waals surface area contributed by atoms with E-state index in [9.17, 15) is 4.79 Å². The van der Waals surface area contributed by atoms with Crippen LogP contribution < -0.4 is 14.2 Å². The number of hydrogen-bond acceptors (Lipinski definition) is 4. The molecule has 92 valence electrons. The lowest BCUT2D eigenvalue weighted by molar-refractivity contribution is -0.131. The molecular weight excluding hydrogens is 232 g/mol. The fourth-order valence-electron chi connectivity index (χ4n) is 2.22. The van der Waals surface area contributed by atoms with Gasteiger partial charge in [0.25, 0.3) is 0 Å². The lowest BCUT2D eigenvalue weighted by atomic mass is 10.0. The SMILES string of the molecule is CC(=O)Oc1c(C)c2c(c3ccccc13)OCO2. The molecule has 2 aromatic rings. The summed E-state index contributed by atoms with van der Waals surface area (Å²) in [5, 5.41) is 1.75. The Morgan fingerprint density at radius 2 is 1.83 bits per heavy atom. The molecule has 0 aliphatic carbocycles. The van der Waals surface area contributed by atoms with Crippen LogP contribution in [0, 0.1) is 6.92 Å². The van der Waals surface area contributed by atoms with E-state index in [1.807, 2.05) is 31.2 Å². The third-order valence-corrected chi connectivity index (χ3v) is 2.96. The summed E-state index contributed by atoms with van der Waals surface area (Å²) in [5.41, 5.74) is 0.788. The molecule has 4 heteroatoms. The molecule has 1 heterocycles. The maximum atomic E-state index is 11.2. The fraction of sp³-hybridized carbons (Fsp3) is 0.214. The van der Waals surface area contributed by atoms with Crippen molar-refractivity contribution in [3.05, 3.63) is 29.8 Å². The van der Waals surface area contributed by atoms with Gasteiger partial charge in [0, 0.05) is 23.3 Å². The molecule has 0 atom stereocenters. The maximum absolute atomic E-state index is 11.2. The van der Waals surface area contributed by atoms with Gasteiger partial charge in [-0.3, -0.25) is 4.79 Å². The van der Waals surface area contributed by atoms with Crippen molar-refractivity contribution in [3.63, 3.8) is 0 Å². The Hall–Kier alpha value is -2.23. The molecule has 18 heavy (non-hydrogen) atoms. The summed E-state index contributed by atoms with van der Waals surface area (Å²) >= 11 is 0. The molecule has 0 spiro atoms. The van der Waals surface area contributed by atoms with Crippen molar-refractivity contribution < 1.29 is 19.0 Å². The van der Waals surface area contributed by atoms with Crippen LogP contribution in [0.4, 0.5) is 0 Å². The molecular formula is C14H12O4. The highest BCUT2D eigenvalue weighted by Gasteiger charge is 2.24. The summed E-state index contributed by atoms with van der Waals surface area (Å²) in [6.45, 7) is 3.45. The number of hydrogen-bond donors (Lipinski definition) is 0. The number of benzene rings is 2. The lowest BCUT2D eigenvalue weighted by Crippen LogP contribution is -2.04. The zero-order valence-corrected chi connectivity index (χ0v) is 10.1. The highest BCUT2D eigenvalue weighted by molar-refractivity contribution is 5.98. The second kappa shape index (κ2) is 3.91. The number of ether oxygens (including phenoxy) is 3. The smallest absolute Gasteiger partial charge is 0.308 e. The van der Waals surface area contributed by atoms with Crippen LogP contribution in [-0.4, -0.2) is 12.8 Å². The van der Waals surface area contributed by atoms with Crippen LogP contribution in [-0.2, 0) is 4.79 Å². The van der Waals surface area contributed by atoms with E-state index < -0.39 is 0 Å². The topological polar surface area (TPSA) is 44.8 Å². The molecule has 1 aliphatic heterocycles. The van der Waals surface area contributed by atoms with Crippen LogP contribution in [0.1, 0.15) is 12.5 Å². The highest BCUT2D eigenvalue weighted by atomic mass is 16.7. The van der Waals surface area contributed by atoms with Gasteiger partial charge in [-0.2, -0.15) is 0 Å². The van der Waals surface area contributed by atoms with Crippen LogP contribution in [0.2, 0.25) is 0 Å². The van der Waals surface area contributed by atoms with Gasteiger partial charge in [0.15, 0.2) is 11.5 Å². The first-order chi connectivity index (χ1) is 8.68. The quantitative estimate of drug-likeness (QED) is 0.571. The molecule has 4 nitrogen and oxygen atoms in total. The Bertz CT molecular complexity index is 646. The number of fused-ring (bicyclic) bond motifs is 3. The molecule has 0 bridgehead atoms. The summed E-state index contributed by atoms with van der Waals surface area (Å²) in [7, 11) is 0.